The number of phenolic OH excluding ortho intramolecular Hbond substituents is 1. The van der Waals surface area contributed by atoms with Crippen molar-refractivity contribution in [3.05, 3.63) is 65.9 Å². The van der Waals surface area contributed by atoms with Gasteiger partial charge in [-0.1, -0.05) is 30.3 Å². The normalized spacial score (nSPS) is 17.5. The maximum atomic E-state index is 12.7. The highest BCUT2D eigenvalue weighted by molar-refractivity contribution is 5.96. The molecule has 0 spiro atoms. The monoisotopic (exact) mass is 321 g/mol. The molecule has 0 saturated carbocycles. The molecule has 3 aromatic rings. The number of aromatic hydroxyl groups is 1. The quantitative estimate of drug-likeness (QED) is 0.797. The summed E-state index contributed by atoms with van der Waals surface area (Å²) in [6.07, 6.45) is 1.91. The van der Waals surface area contributed by atoms with Gasteiger partial charge in [-0.15, -0.1) is 0 Å². The van der Waals surface area contributed by atoms with Crippen molar-refractivity contribution < 1.29 is 14.3 Å². The molecule has 1 aromatic heterocycles. The van der Waals surface area contributed by atoms with Gasteiger partial charge in [0.1, 0.15) is 11.3 Å². The molecule has 4 nitrogen and oxygen atoms in total. The standard InChI is InChI=1S/C20H19NO3/c22-17-7-5-14(6-8-17)11-15-9-10-21(13-15)20(23)19-12-16-3-1-2-4-18(16)24-19/h1-8,12,15,22H,9-11,13H2. The molecule has 1 fully saturated rings. The molecule has 4 heteroatoms. The number of benzene rings is 2. The first-order chi connectivity index (χ1) is 11.7. The Morgan fingerprint density at radius 1 is 1.17 bits per heavy atom. The lowest BCUT2D eigenvalue weighted by molar-refractivity contribution is 0.0758. The van der Waals surface area contributed by atoms with Crippen LogP contribution in [0.25, 0.3) is 11.0 Å². The fraction of sp³-hybridized carbons (Fsp3) is 0.250. The molecule has 1 saturated heterocycles. The number of likely N-dealkylation sites (tertiary alicyclic amines) is 1. The van der Waals surface area contributed by atoms with E-state index in [0.29, 0.717) is 11.7 Å². The van der Waals surface area contributed by atoms with E-state index in [1.807, 2.05) is 47.4 Å². The second-order valence-corrected chi connectivity index (χ2v) is 6.42. The van der Waals surface area contributed by atoms with Crippen LogP contribution in [0.2, 0.25) is 0 Å². The highest BCUT2D eigenvalue weighted by Gasteiger charge is 2.28. The van der Waals surface area contributed by atoms with E-state index in [-0.39, 0.29) is 11.7 Å². The molecular formula is C20H19NO3. The number of carbonyl (C=O) groups is 1. The van der Waals surface area contributed by atoms with E-state index in [2.05, 4.69) is 0 Å². The smallest absolute Gasteiger partial charge is 0.289 e. The minimum Gasteiger partial charge on any atom is -0.508 e. The zero-order valence-corrected chi connectivity index (χ0v) is 13.3. The number of rotatable bonds is 3. The Morgan fingerprint density at radius 2 is 1.96 bits per heavy atom. The van der Waals surface area contributed by atoms with Crippen LogP contribution in [0.15, 0.2) is 59.0 Å². The molecule has 2 heterocycles. The first-order valence-corrected chi connectivity index (χ1v) is 8.25. The molecular weight excluding hydrogens is 302 g/mol. The molecule has 4 rings (SSSR count). The Hall–Kier alpha value is -2.75. The average Bonchev–Trinajstić information content (AvgIpc) is 3.23. The van der Waals surface area contributed by atoms with Crippen molar-refractivity contribution in [1.82, 2.24) is 4.90 Å². The Morgan fingerprint density at radius 3 is 2.75 bits per heavy atom. The number of fused-ring (bicyclic) bond motifs is 1. The van der Waals surface area contributed by atoms with Gasteiger partial charge in [0.2, 0.25) is 0 Å². The molecule has 1 N–H and O–H groups in total. The Balaban J connectivity index is 1.44. The summed E-state index contributed by atoms with van der Waals surface area (Å²) < 4.78 is 5.69. The van der Waals surface area contributed by atoms with Crippen LogP contribution in [-0.2, 0) is 6.42 Å². The third-order valence-electron chi connectivity index (χ3n) is 4.67. The average molecular weight is 321 g/mol. The predicted octanol–water partition coefficient (Wildman–Crippen LogP) is 3.84. The summed E-state index contributed by atoms with van der Waals surface area (Å²) in [4.78, 5) is 14.5. The fourth-order valence-electron chi connectivity index (χ4n) is 3.39. The third kappa shape index (κ3) is 2.87. The molecule has 0 aliphatic carbocycles. The van der Waals surface area contributed by atoms with E-state index >= 15 is 0 Å². The summed E-state index contributed by atoms with van der Waals surface area (Å²) in [5, 5.41) is 10.3. The first kappa shape index (κ1) is 14.8. The summed E-state index contributed by atoms with van der Waals surface area (Å²) in [6.45, 7) is 1.51. The zero-order chi connectivity index (χ0) is 16.5. The maximum absolute atomic E-state index is 12.7. The largest absolute Gasteiger partial charge is 0.508 e. The summed E-state index contributed by atoms with van der Waals surface area (Å²) in [7, 11) is 0. The van der Waals surface area contributed by atoms with Crippen LogP contribution in [0, 0.1) is 5.92 Å². The van der Waals surface area contributed by atoms with E-state index in [4.69, 9.17) is 4.42 Å². The van der Waals surface area contributed by atoms with E-state index in [1.165, 1.54) is 5.56 Å². The third-order valence-corrected chi connectivity index (χ3v) is 4.67. The number of furan rings is 1. The van der Waals surface area contributed by atoms with Gasteiger partial charge in [0.15, 0.2) is 5.76 Å². The van der Waals surface area contributed by atoms with Crippen molar-refractivity contribution in [3.63, 3.8) is 0 Å². The van der Waals surface area contributed by atoms with Crippen LogP contribution in [-0.4, -0.2) is 29.0 Å². The maximum Gasteiger partial charge on any atom is 0.289 e. The highest BCUT2D eigenvalue weighted by atomic mass is 16.3. The lowest BCUT2D eigenvalue weighted by atomic mass is 9.99. The van der Waals surface area contributed by atoms with E-state index in [1.54, 1.807) is 12.1 Å². The Bertz CT molecular complexity index is 833. The molecule has 1 aliphatic rings. The van der Waals surface area contributed by atoms with E-state index < -0.39 is 0 Å². The van der Waals surface area contributed by atoms with E-state index in [9.17, 15) is 9.90 Å². The first-order valence-electron chi connectivity index (χ1n) is 8.25. The highest BCUT2D eigenvalue weighted by Crippen LogP contribution is 2.25. The van der Waals surface area contributed by atoms with Crippen LogP contribution >= 0.6 is 0 Å². The van der Waals surface area contributed by atoms with Gasteiger partial charge in [-0.3, -0.25) is 4.79 Å². The van der Waals surface area contributed by atoms with Crippen LogP contribution in [0.3, 0.4) is 0 Å². The fourth-order valence-corrected chi connectivity index (χ4v) is 3.39. The number of para-hydroxylation sites is 1. The van der Waals surface area contributed by atoms with Crippen molar-refractivity contribution in [3.8, 4) is 5.75 Å². The minimum atomic E-state index is -0.0283. The summed E-state index contributed by atoms with van der Waals surface area (Å²) in [5.41, 5.74) is 1.94. The minimum absolute atomic E-state index is 0.0283. The van der Waals surface area contributed by atoms with Gasteiger partial charge in [0.25, 0.3) is 5.91 Å². The molecule has 24 heavy (non-hydrogen) atoms. The Labute approximate surface area is 140 Å². The number of phenols is 1. The van der Waals surface area contributed by atoms with Crippen LogP contribution in [0.5, 0.6) is 5.75 Å². The lowest BCUT2D eigenvalue weighted by Crippen LogP contribution is -2.28. The number of carbonyl (C=O) groups excluding carboxylic acids is 1. The second-order valence-electron chi connectivity index (χ2n) is 6.42. The van der Waals surface area contributed by atoms with Crippen LogP contribution in [0.1, 0.15) is 22.5 Å². The number of hydrogen-bond donors (Lipinski definition) is 1. The second kappa shape index (κ2) is 6.04. The topological polar surface area (TPSA) is 53.7 Å². The van der Waals surface area contributed by atoms with Gasteiger partial charge < -0.3 is 14.4 Å². The van der Waals surface area contributed by atoms with Gasteiger partial charge in [0, 0.05) is 18.5 Å². The number of nitrogens with zero attached hydrogens (tertiary/aromatic N) is 1. The van der Waals surface area contributed by atoms with Gasteiger partial charge in [-0.2, -0.15) is 0 Å². The van der Waals surface area contributed by atoms with Gasteiger partial charge in [-0.05, 0) is 48.6 Å². The molecule has 1 atom stereocenters. The SMILES string of the molecule is O=C(c1cc2ccccc2o1)N1CCC(Cc2ccc(O)cc2)C1. The van der Waals surface area contributed by atoms with Crippen molar-refractivity contribution in [2.24, 2.45) is 5.92 Å². The van der Waals surface area contributed by atoms with Crippen molar-refractivity contribution in [2.45, 2.75) is 12.8 Å². The van der Waals surface area contributed by atoms with Crippen molar-refractivity contribution in [1.29, 1.82) is 0 Å². The number of hydrogen-bond acceptors (Lipinski definition) is 3. The predicted molar refractivity (Wildman–Crippen MR) is 92.0 cm³/mol. The van der Waals surface area contributed by atoms with Crippen LogP contribution in [0.4, 0.5) is 0 Å². The molecule has 122 valence electrons. The van der Waals surface area contributed by atoms with Gasteiger partial charge >= 0.3 is 0 Å². The van der Waals surface area contributed by atoms with Gasteiger partial charge in [0.05, 0.1) is 0 Å². The van der Waals surface area contributed by atoms with Gasteiger partial charge in [-0.25, -0.2) is 0 Å². The van der Waals surface area contributed by atoms with Crippen molar-refractivity contribution >= 4 is 16.9 Å². The number of amides is 1. The van der Waals surface area contributed by atoms with Crippen molar-refractivity contribution in [2.75, 3.05) is 13.1 Å². The Kier molecular flexibility index (Phi) is 3.73. The molecule has 1 unspecified atom stereocenters. The summed E-state index contributed by atoms with van der Waals surface area (Å²) in [5.74, 6) is 1.12. The summed E-state index contributed by atoms with van der Waals surface area (Å²) in [6, 6.07) is 16.8. The van der Waals surface area contributed by atoms with E-state index in [0.717, 1.165) is 36.9 Å². The summed E-state index contributed by atoms with van der Waals surface area (Å²) >= 11 is 0. The molecule has 0 bridgehead atoms. The molecule has 0 radical (unpaired) electrons. The lowest BCUT2D eigenvalue weighted by Gasteiger charge is -2.15. The zero-order valence-electron chi connectivity index (χ0n) is 13.3. The molecule has 1 aliphatic heterocycles. The molecule has 2 aromatic carbocycles. The van der Waals surface area contributed by atoms with Crippen LogP contribution < -0.4 is 0 Å². The molecule has 1 amide bonds.